The van der Waals surface area contributed by atoms with Crippen molar-refractivity contribution in [3.63, 3.8) is 0 Å². The molecular weight excluding hydrogens is 249 g/mol. The highest BCUT2D eigenvalue weighted by molar-refractivity contribution is 9.10. The highest BCUT2D eigenvalue weighted by atomic mass is 79.9. The van der Waals surface area contributed by atoms with Gasteiger partial charge in [0.25, 0.3) is 0 Å². The minimum atomic E-state index is 0.232. The number of hydrogen-bond acceptors (Lipinski definition) is 1. The van der Waals surface area contributed by atoms with Crippen LogP contribution >= 0.6 is 27.5 Å². The van der Waals surface area contributed by atoms with E-state index in [1.54, 1.807) is 0 Å². The number of aryl methyl sites for hydroxylation is 1. The van der Waals surface area contributed by atoms with Gasteiger partial charge >= 0.3 is 0 Å². The summed E-state index contributed by atoms with van der Waals surface area (Å²) in [5, 5.41) is 0.823. The maximum Gasteiger partial charge on any atom is 0.0438 e. The van der Waals surface area contributed by atoms with Crippen LogP contribution < -0.4 is 5.73 Å². The predicted molar refractivity (Wildman–Crippen MR) is 61.1 cm³/mol. The van der Waals surface area contributed by atoms with Crippen molar-refractivity contribution in [1.82, 2.24) is 0 Å². The molecule has 0 fully saturated rings. The highest BCUT2D eigenvalue weighted by Crippen LogP contribution is 2.22. The number of benzene rings is 1. The van der Waals surface area contributed by atoms with Crippen LogP contribution in [0, 0.1) is 0 Å². The highest BCUT2D eigenvalue weighted by Gasteiger charge is 2.02. The van der Waals surface area contributed by atoms with Gasteiger partial charge in [0.15, 0.2) is 0 Å². The van der Waals surface area contributed by atoms with Gasteiger partial charge in [0, 0.05) is 15.5 Å². The fourth-order valence-corrected chi connectivity index (χ4v) is 1.74. The average Bonchev–Trinajstić information content (AvgIpc) is 2.06. The quantitative estimate of drug-likeness (QED) is 0.888. The van der Waals surface area contributed by atoms with E-state index >= 15 is 0 Å². The summed E-state index contributed by atoms with van der Waals surface area (Å²) in [7, 11) is 0. The van der Waals surface area contributed by atoms with Crippen LogP contribution in [0.25, 0.3) is 0 Å². The molecule has 0 spiro atoms. The van der Waals surface area contributed by atoms with E-state index in [-0.39, 0.29) is 6.04 Å². The van der Waals surface area contributed by atoms with Gasteiger partial charge in [-0.25, -0.2) is 0 Å². The van der Waals surface area contributed by atoms with Gasteiger partial charge in [0.05, 0.1) is 0 Å². The lowest BCUT2D eigenvalue weighted by Crippen LogP contribution is -2.15. The molecule has 0 aliphatic heterocycles. The van der Waals surface area contributed by atoms with Gasteiger partial charge in [-0.1, -0.05) is 27.5 Å². The standard InChI is InChI=1S/C10H13BrClN/c1-7(13)2-3-8-6-9(11)4-5-10(8)12/h4-7H,2-3,13H2,1H3. The van der Waals surface area contributed by atoms with E-state index in [1.807, 2.05) is 25.1 Å². The predicted octanol–water partition coefficient (Wildman–Crippen LogP) is 3.38. The molecule has 0 heterocycles. The van der Waals surface area contributed by atoms with Crippen molar-refractivity contribution < 1.29 is 0 Å². The van der Waals surface area contributed by atoms with Gasteiger partial charge in [0.2, 0.25) is 0 Å². The van der Waals surface area contributed by atoms with E-state index in [1.165, 1.54) is 0 Å². The van der Waals surface area contributed by atoms with Gasteiger partial charge in [-0.15, -0.1) is 0 Å². The Morgan fingerprint density at radius 2 is 2.23 bits per heavy atom. The first-order chi connectivity index (χ1) is 6.09. The lowest BCUT2D eigenvalue weighted by molar-refractivity contribution is 0.666. The molecule has 0 saturated heterocycles. The minimum absolute atomic E-state index is 0.232. The largest absolute Gasteiger partial charge is 0.328 e. The lowest BCUT2D eigenvalue weighted by Gasteiger charge is -2.07. The molecule has 0 aliphatic carbocycles. The van der Waals surface area contributed by atoms with Crippen LogP contribution in [0.2, 0.25) is 5.02 Å². The summed E-state index contributed by atoms with van der Waals surface area (Å²) < 4.78 is 1.07. The molecule has 0 bridgehead atoms. The van der Waals surface area contributed by atoms with E-state index in [0.717, 1.165) is 27.9 Å². The molecule has 13 heavy (non-hydrogen) atoms. The normalized spacial score (nSPS) is 12.9. The number of rotatable bonds is 3. The lowest BCUT2D eigenvalue weighted by atomic mass is 10.1. The first kappa shape index (κ1) is 11.0. The second kappa shape index (κ2) is 4.99. The third-order valence-corrected chi connectivity index (χ3v) is 2.74. The molecule has 0 radical (unpaired) electrons. The Morgan fingerprint density at radius 3 is 2.85 bits per heavy atom. The van der Waals surface area contributed by atoms with E-state index in [2.05, 4.69) is 15.9 Å². The molecule has 1 aromatic rings. The van der Waals surface area contributed by atoms with Crippen molar-refractivity contribution in [2.45, 2.75) is 25.8 Å². The number of halogens is 2. The Kier molecular flexibility index (Phi) is 4.23. The van der Waals surface area contributed by atoms with E-state index in [9.17, 15) is 0 Å². The Balaban J connectivity index is 2.70. The fourth-order valence-electron chi connectivity index (χ4n) is 1.12. The zero-order valence-electron chi connectivity index (χ0n) is 7.56. The van der Waals surface area contributed by atoms with Crippen LogP contribution in [-0.4, -0.2) is 6.04 Å². The van der Waals surface area contributed by atoms with Crippen LogP contribution in [0.15, 0.2) is 22.7 Å². The third kappa shape index (κ3) is 3.67. The van der Waals surface area contributed by atoms with Crippen LogP contribution in [-0.2, 0) is 6.42 Å². The maximum atomic E-state index is 6.02. The van der Waals surface area contributed by atoms with Crippen molar-refractivity contribution >= 4 is 27.5 Å². The average molecular weight is 263 g/mol. The Hall–Kier alpha value is -0.0500. The molecule has 1 unspecified atom stereocenters. The van der Waals surface area contributed by atoms with Crippen LogP contribution in [0.3, 0.4) is 0 Å². The van der Waals surface area contributed by atoms with E-state index in [4.69, 9.17) is 17.3 Å². The van der Waals surface area contributed by atoms with Crippen molar-refractivity contribution in [1.29, 1.82) is 0 Å². The molecule has 1 nitrogen and oxygen atoms in total. The van der Waals surface area contributed by atoms with Crippen molar-refractivity contribution in [2.75, 3.05) is 0 Å². The topological polar surface area (TPSA) is 26.0 Å². The summed E-state index contributed by atoms with van der Waals surface area (Å²) in [5.74, 6) is 0. The Morgan fingerprint density at radius 1 is 1.54 bits per heavy atom. The molecule has 2 N–H and O–H groups in total. The second-order valence-electron chi connectivity index (χ2n) is 3.25. The van der Waals surface area contributed by atoms with E-state index < -0.39 is 0 Å². The van der Waals surface area contributed by atoms with Crippen molar-refractivity contribution in [3.8, 4) is 0 Å². The molecule has 0 aliphatic rings. The van der Waals surface area contributed by atoms with Crippen LogP contribution in [0.5, 0.6) is 0 Å². The number of nitrogens with two attached hydrogens (primary N) is 1. The van der Waals surface area contributed by atoms with Gasteiger partial charge in [-0.05, 0) is 43.5 Å². The molecule has 0 saturated carbocycles. The molecule has 0 amide bonds. The third-order valence-electron chi connectivity index (χ3n) is 1.88. The molecule has 72 valence electrons. The summed E-state index contributed by atoms with van der Waals surface area (Å²) in [6.45, 7) is 2.01. The minimum Gasteiger partial charge on any atom is -0.328 e. The zero-order chi connectivity index (χ0) is 9.84. The smallest absolute Gasteiger partial charge is 0.0438 e. The molecule has 1 rings (SSSR count). The fraction of sp³-hybridized carbons (Fsp3) is 0.400. The summed E-state index contributed by atoms with van der Waals surface area (Å²) in [4.78, 5) is 0. The molecular formula is C10H13BrClN. The molecule has 3 heteroatoms. The van der Waals surface area contributed by atoms with Gasteiger partial charge in [-0.3, -0.25) is 0 Å². The summed E-state index contributed by atoms with van der Waals surface area (Å²) >= 11 is 9.43. The van der Waals surface area contributed by atoms with Crippen LogP contribution in [0.4, 0.5) is 0 Å². The van der Waals surface area contributed by atoms with Gasteiger partial charge in [0.1, 0.15) is 0 Å². The first-order valence-electron chi connectivity index (χ1n) is 4.29. The zero-order valence-corrected chi connectivity index (χ0v) is 9.90. The first-order valence-corrected chi connectivity index (χ1v) is 5.46. The molecule has 1 atom stereocenters. The molecule has 0 aromatic heterocycles. The monoisotopic (exact) mass is 261 g/mol. The van der Waals surface area contributed by atoms with Crippen LogP contribution in [0.1, 0.15) is 18.9 Å². The van der Waals surface area contributed by atoms with Crippen molar-refractivity contribution in [2.24, 2.45) is 5.73 Å². The summed E-state index contributed by atoms with van der Waals surface area (Å²) in [5.41, 5.74) is 6.83. The summed E-state index contributed by atoms with van der Waals surface area (Å²) in [6, 6.07) is 6.12. The Labute approximate surface area is 92.4 Å². The molecule has 1 aromatic carbocycles. The summed E-state index contributed by atoms with van der Waals surface area (Å²) in [6.07, 6.45) is 1.91. The van der Waals surface area contributed by atoms with Gasteiger partial charge < -0.3 is 5.73 Å². The van der Waals surface area contributed by atoms with Crippen molar-refractivity contribution in [3.05, 3.63) is 33.3 Å². The second-order valence-corrected chi connectivity index (χ2v) is 4.57. The maximum absolute atomic E-state index is 6.02. The number of hydrogen-bond donors (Lipinski definition) is 1. The SMILES string of the molecule is CC(N)CCc1cc(Br)ccc1Cl. The van der Waals surface area contributed by atoms with Gasteiger partial charge in [-0.2, -0.15) is 0 Å². The van der Waals surface area contributed by atoms with E-state index in [0.29, 0.717) is 0 Å². The Bertz CT molecular complexity index is 286.